The lowest BCUT2D eigenvalue weighted by Gasteiger charge is -2.48. The quantitative estimate of drug-likeness (QED) is 0.668. The molecule has 5 rings (SSSR count). The van der Waals surface area contributed by atoms with Crippen LogP contribution in [0.15, 0.2) is 47.5 Å². The molecule has 1 aromatic heterocycles. The van der Waals surface area contributed by atoms with Crippen LogP contribution in [-0.4, -0.2) is 28.4 Å². The van der Waals surface area contributed by atoms with Gasteiger partial charge in [0.2, 0.25) is 0 Å². The zero-order chi connectivity index (χ0) is 21.1. The molecule has 0 aromatic carbocycles. The fourth-order valence-electron chi connectivity index (χ4n) is 6.77. The number of fused-ring (bicyclic) bond motifs is 3. The summed E-state index contributed by atoms with van der Waals surface area (Å²) in [4.78, 5) is 28.8. The van der Waals surface area contributed by atoms with E-state index in [4.69, 9.17) is 9.47 Å². The van der Waals surface area contributed by atoms with Crippen LogP contribution in [0.2, 0.25) is 0 Å². The largest absolute Gasteiger partial charge is 0.489 e. The predicted octanol–water partition coefficient (Wildman–Crippen LogP) is 4.64. The number of aromatic nitrogens is 1. The lowest BCUT2D eigenvalue weighted by Crippen LogP contribution is -2.44. The maximum absolute atomic E-state index is 12.4. The molecule has 0 amide bonds. The van der Waals surface area contributed by atoms with Gasteiger partial charge in [-0.15, -0.1) is 0 Å². The Kier molecular flexibility index (Phi) is 4.42. The molecule has 0 radical (unpaired) electrons. The number of ether oxygens (including phenoxy) is 2. The van der Waals surface area contributed by atoms with Crippen molar-refractivity contribution in [2.45, 2.75) is 76.9 Å². The summed E-state index contributed by atoms with van der Waals surface area (Å²) in [5.74, 6) is 1.07. The highest BCUT2D eigenvalue weighted by atomic mass is 16.6. The number of esters is 1. The van der Waals surface area contributed by atoms with Crippen LogP contribution in [0.3, 0.4) is 0 Å². The van der Waals surface area contributed by atoms with E-state index in [1.54, 1.807) is 6.20 Å². The van der Waals surface area contributed by atoms with Crippen molar-refractivity contribution in [1.82, 2.24) is 4.98 Å². The number of carbonyl (C=O) groups excluding carboxylic acids is 2. The average molecular weight is 408 g/mol. The van der Waals surface area contributed by atoms with Gasteiger partial charge in [-0.3, -0.25) is 14.6 Å². The first-order chi connectivity index (χ1) is 14.3. The third-order valence-corrected chi connectivity index (χ3v) is 7.83. The van der Waals surface area contributed by atoms with Crippen LogP contribution in [0.25, 0.3) is 0 Å². The van der Waals surface area contributed by atoms with Crippen LogP contribution in [0.4, 0.5) is 0 Å². The minimum absolute atomic E-state index is 0.0427. The highest BCUT2D eigenvalue weighted by Crippen LogP contribution is 2.66. The van der Waals surface area contributed by atoms with Crippen molar-refractivity contribution in [3.63, 3.8) is 0 Å². The Balaban J connectivity index is 1.57. The van der Waals surface area contributed by atoms with Crippen molar-refractivity contribution in [2.24, 2.45) is 11.3 Å². The van der Waals surface area contributed by atoms with E-state index in [-0.39, 0.29) is 35.1 Å². The fraction of sp³-hybridized carbons (Fsp3) is 0.560. The summed E-state index contributed by atoms with van der Waals surface area (Å²) in [5, 5.41) is 0. The summed E-state index contributed by atoms with van der Waals surface area (Å²) in [7, 11) is 0. The molecular weight excluding hydrogens is 378 g/mol. The number of allylic oxidation sites excluding steroid dienone is 3. The van der Waals surface area contributed by atoms with Crippen molar-refractivity contribution in [3.05, 3.63) is 53.1 Å². The molecule has 0 bridgehead atoms. The Morgan fingerprint density at radius 3 is 2.83 bits per heavy atom. The molecule has 0 spiro atoms. The second kappa shape index (κ2) is 6.79. The van der Waals surface area contributed by atoms with E-state index in [1.807, 2.05) is 12.3 Å². The van der Waals surface area contributed by atoms with Crippen LogP contribution in [0.5, 0.6) is 0 Å². The van der Waals surface area contributed by atoms with E-state index in [1.165, 1.54) is 12.5 Å². The van der Waals surface area contributed by atoms with Gasteiger partial charge in [0.25, 0.3) is 0 Å². The highest BCUT2D eigenvalue weighted by Gasteiger charge is 2.64. The number of carbonyl (C=O) groups is 2. The van der Waals surface area contributed by atoms with Gasteiger partial charge in [0.15, 0.2) is 5.78 Å². The normalized spacial score (nSPS) is 37.5. The molecule has 1 aliphatic heterocycles. The van der Waals surface area contributed by atoms with Crippen LogP contribution in [0.1, 0.15) is 70.8 Å². The summed E-state index contributed by atoms with van der Waals surface area (Å²) in [6.07, 6.45) is 10.7. The molecule has 1 aromatic rings. The molecule has 4 aliphatic rings. The second-order valence-corrected chi connectivity index (χ2v) is 9.81. The SMILES string of the molecule is CC(=O)OC1(C)C[C@H]2[C@@H]3OC4=C(C=C3CC[C@]2(C)[C@H]1c1cccnc1)C(=O)CCC4. The van der Waals surface area contributed by atoms with E-state index >= 15 is 0 Å². The number of Topliss-reactive ketones (excluding diaryl/α,β-unsaturated/α-hetero) is 1. The molecule has 5 nitrogen and oxygen atoms in total. The van der Waals surface area contributed by atoms with Crippen molar-refractivity contribution < 1.29 is 19.1 Å². The van der Waals surface area contributed by atoms with Gasteiger partial charge in [-0.2, -0.15) is 0 Å². The highest BCUT2D eigenvalue weighted by molar-refractivity contribution is 5.99. The Hall–Kier alpha value is -2.43. The van der Waals surface area contributed by atoms with Crippen molar-refractivity contribution in [1.29, 1.82) is 0 Å². The van der Waals surface area contributed by atoms with E-state index in [9.17, 15) is 9.59 Å². The molecule has 0 saturated heterocycles. The first-order valence-electron chi connectivity index (χ1n) is 11.0. The molecule has 2 heterocycles. The number of rotatable bonds is 2. The summed E-state index contributed by atoms with van der Waals surface area (Å²) in [6.45, 7) is 5.87. The molecule has 5 heteroatoms. The van der Waals surface area contributed by atoms with E-state index in [2.05, 4.69) is 31.0 Å². The van der Waals surface area contributed by atoms with Crippen molar-refractivity contribution >= 4 is 11.8 Å². The first-order valence-corrected chi connectivity index (χ1v) is 11.0. The number of pyridine rings is 1. The second-order valence-electron chi connectivity index (χ2n) is 9.81. The number of ketones is 1. The molecule has 1 unspecified atom stereocenters. The summed E-state index contributed by atoms with van der Waals surface area (Å²) in [6, 6.07) is 4.05. The van der Waals surface area contributed by atoms with Crippen LogP contribution in [0, 0.1) is 11.3 Å². The Morgan fingerprint density at radius 1 is 1.27 bits per heavy atom. The minimum atomic E-state index is -0.621. The smallest absolute Gasteiger partial charge is 0.303 e. The predicted molar refractivity (Wildman–Crippen MR) is 111 cm³/mol. The molecule has 30 heavy (non-hydrogen) atoms. The molecule has 0 N–H and O–H groups in total. The van der Waals surface area contributed by atoms with Gasteiger partial charge in [-0.1, -0.05) is 13.0 Å². The molecule has 158 valence electrons. The summed E-state index contributed by atoms with van der Waals surface area (Å²) >= 11 is 0. The molecule has 3 aliphatic carbocycles. The third kappa shape index (κ3) is 2.85. The molecule has 2 fully saturated rings. The maximum atomic E-state index is 12.4. The standard InChI is InChI=1S/C25H29NO4/c1-15(27)30-25(3)13-19-22-16(12-18-20(28)7-4-8-21(18)29-22)9-10-24(19,2)23(25)17-6-5-11-26-14-17/h5-6,11-12,14,19,22-23H,4,7-10,13H2,1-3H3/t19-,22+,23+,24-,25?/m0/s1. The number of nitrogens with zero attached hydrogens (tertiary/aromatic N) is 1. The monoisotopic (exact) mass is 407 g/mol. The van der Waals surface area contributed by atoms with Gasteiger partial charge in [-0.25, -0.2) is 0 Å². The molecule has 5 atom stereocenters. The van der Waals surface area contributed by atoms with Gasteiger partial charge in [0.1, 0.15) is 17.5 Å². The topological polar surface area (TPSA) is 65.5 Å². The zero-order valence-electron chi connectivity index (χ0n) is 17.9. The van der Waals surface area contributed by atoms with Gasteiger partial charge in [0.05, 0.1) is 5.57 Å². The lowest BCUT2D eigenvalue weighted by atomic mass is 9.60. The number of hydrogen-bond acceptors (Lipinski definition) is 5. The van der Waals surface area contributed by atoms with Crippen molar-refractivity contribution in [2.75, 3.05) is 0 Å². The van der Waals surface area contributed by atoms with E-state index in [0.29, 0.717) is 6.42 Å². The Labute approximate surface area is 177 Å². The maximum Gasteiger partial charge on any atom is 0.303 e. The zero-order valence-corrected chi connectivity index (χ0v) is 17.9. The van der Waals surface area contributed by atoms with Crippen LogP contribution >= 0.6 is 0 Å². The van der Waals surface area contributed by atoms with E-state index < -0.39 is 5.60 Å². The van der Waals surface area contributed by atoms with Crippen molar-refractivity contribution in [3.8, 4) is 0 Å². The number of hydrogen-bond donors (Lipinski definition) is 0. The van der Waals surface area contributed by atoms with Crippen LogP contribution in [-0.2, 0) is 19.1 Å². The van der Waals surface area contributed by atoms with Gasteiger partial charge in [-0.05, 0) is 61.3 Å². The van der Waals surface area contributed by atoms with Gasteiger partial charge >= 0.3 is 5.97 Å². The minimum Gasteiger partial charge on any atom is -0.489 e. The average Bonchev–Trinajstić information content (AvgIpc) is 2.94. The molecule has 2 saturated carbocycles. The fourth-order valence-corrected chi connectivity index (χ4v) is 6.77. The summed E-state index contributed by atoms with van der Waals surface area (Å²) < 4.78 is 12.6. The lowest BCUT2D eigenvalue weighted by molar-refractivity contribution is -0.157. The summed E-state index contributed by atoms with van der Waals surface area (Å²) in [5.41, 5.74) is 2.42. The van der Waals surface area contributed by atoms with Gasteiger partial charge in [0, 0.05) is 44.0 Å². The first kappa shape index (κ1) is 19.5. The van der Waals surface area contributed by atoms with Crippen LogP contribution < -0.4 is 0 Å². The third-order valence-electron chi connectivity index (χ3n) is 7.83. The Morgan fingerprint density at radius 2 is 2.10 bits per heavy atom. The molecular formula is C25H29NO4. The van der Waals surface area contributed by atoms with E-state index in [0.717, 1.165) is 49.0 Å². The van der Waals surface area contributed by atoms with Gasteiger partial charge < -0.3 is 9.47 Å². The Bertz CT molecular complexity index is 965.